The Balaban J connectivity index is 1.93. The average Bonchev–Trinajstić information content (AvgIpc) is 2.34. The van der Waals surface area contributed by atoms with Gasteiger partial charge in [0.2, 0.25) is 5.91 Å². The van der Waals surface area contributed by atoms with Crippen LogP contribution in [0.25, 0.3) is 0 Å². The first-order valence-electron chi connectivity index (χ1n) is 7.23. The van der Waals surface area contributed by atoms with Crippen LogP contribution in [0.15, 0.2) is 0 Å². The monoisotopic (exact) mass is 256 g/mol. The minimum atomic E-state index is 0.163. The van der Waals surface area contributed by atoms with Crippen LogP contribution in [0, 0.1) is 11.8 Å². The summed E-state index contributed by atoms with van der Waals surface area (Å²) in [5, 5.41) is 6.26. The summed E-state index contributed by atoms with van der Waals surface area (Å²) in [6, 6.07) is 0. The average molecular weight is 256 g/mol. The minimum Gasteiger partial charge on any atom is -0.380 e. The molecule has 0 aromatic rings. The third-order valence-corrected chi connectivity index (χ3v) is 3.28. The molecule has 1 aliphatic rings. The summed E-state index contributed by atoms with van der Waals surface area (Å²) in [6.07, 6.45) is 4.10. The lowest BCUT2D eigenvalue weighted by atomic mass is 9.96. The van der Waals surface area contributed by atoms with E-state index in [1.807, 2.05) is 0 Å². The van der Waals surface area contributed by atoms with E-state index in [1.54, 1.807) is 0 Å². The number of amides is 1. The van der Waals surface area contributed by atoms with Gasteiger partial charge in [0.25, 0.3) is 0 Å². The molecule has 1 rings (SSSR count). The van der Waals surface area contributed by atoms with Gasteiger partial charge >= 0.3 is 0 Å². The minimum absolute atomic E-state index is 0.163. The first-order chi connectivity index (χ1) is 8.68. The second kappa shape index (κ2) is 9.34. The maximum absolute atomic E-state index is 11.7. The first-order valence-corrected chi connectivity index (χ1v) is 7.23. The summed E-state index contributed by atoms with van der Waals surface area (Å²) in [5.74, 6) is 1.36. The van der Waals surface area contributed by atoms with Gasteiger partial charge in [-0.05, 0) is 44.2 Å². The van der Waals surface area contributed by atoms with Gasteiger partial charge in [0.1, 0.15) is 0 Å². The maximum Gasteiger partial charge on any atom is 0.220 e. The topological polar surface area (TPSA) is 50.4 Å². The second-order valence-corrected chi connectivity index (χ2v) is 5.56. The third kappa shape index (κ3) is 7.67. The molecule has 0 aliphatic carbocycles. The Morgan fingerprint density at radius 3 is 2.94 bits per heavy atom. The van der Waals surface area contributed by atoms with Crippen LogP contribution in [0.2, 0.25) is 0 Å². The largest absolute Gasteiger partial charge is 0.380 e. The normalized spacial score (nSPS) is 20.1. The van der Waals surface area contributed by atoms with Crippen molar-refractivity contribution in [3.8, 4) is 0 Å². The van der Waals surface area contributed by atoms with E-state index in [9.17, 15) is 4.79 Å². The number of piperidine rings is 1. The molecule has 1 heterocycles. The highest BCUT2D eigenvalue weighted by atomic mass is 16.5. The van der Waals surface area contributed by atoms with Crippen molar-refractivity contribution in [2.45, 2.75) is 39.5 Å². The van der Waals surface area contributed by atoms with Crippen LogP contribution >= 0.6 is 0 Å². The van der Waals surface area contributed by atoms with E-state index in [4.69, 9.17) is 4.74 Å². The van der Waals surface area contributed by atoms with Crippen molar-refractivity contribution in [2.75, 3.05) is 32.8 Å². The highest BCUT2D eigenvalue weighted by molar-refractivity contribution is 5.76. The molecule has 1 amide bonds. The molecular formula is C14H28N2O2. The molecule has 0 aromatic heterocycles. The van der Waals surface area contributed by atoms with Crippen molar-refractivity contribution < 1.29 is 9.53 Å². The third-order valence-electron chi connectivity index (χ3n) is 3.28. The van der Waals surface area contributed by atoms with Crippen molar-refractivity contribution >= 4 is 5.91 Å². The molecule has 1 aliphatic heterocycles. The number of carbonyl (C=O) groups excluding carboxylic acids is 1. The van der Waals surface area contributed by atoms with Crippen LogP contribution in [0.3, 0.4) is 0 Å². The Labute approximate surface area is 111 Å². The van der Waals surface area contributed by atoms with Crippen LogP contribution in [-0.4, -0.2) is 38.8 Å². The van der Waals surface area contributed by atoms with Crippen molar-refractivity contribution in [3.05, 3.63) is 0 Å². The zero-order chi connectivity index (χ0) is 13.2. The highest BCUT2D eigenvalue weighted by Gasteiger charge is 2.16. The standard InChI is InChI=1S/C14H28N2O2/c1-12(2)5-8-18-9-7-16-14(17)10-13-4-3-6-15-11-13/h12-13,15H,3-11H2,1-2H3,(H,16,17). The van der Waals surface area contributed by atoms with Gasteiger partial charge in [0, 0.05) is 19.6 Å². The summed E-state index contributed by atoms with van der Waals surface area (Å²) in [6.45, 7) is 8.51. The molecule has 0 aromatic carbocycles. The van der Waals surface area contributed by atoms with E-state index in [0.717, 1.165) is 26.1 Å². The summed E-state index contributed by atoms with van der Waals surface area (Å²) in [4.78, 5) is 11.7. The number of ether oxygens (including phenoxy) is 1. The summed E-state index contributed by atoms with van der Waals surface area (Å²) < 4.78 is 5.46. The number of hydrogen-bond acceptors (Lipinski definition) is 3. The second-order valence-electron chi connectivity index (χ2n) is 5.56. The predicted molar refractivity (Wildman–Crippen MR) is 73.5 cm³/mol. The molecule has 0 saturated carbocycles. The van der Waals surface area contributed by atoms with Crippen LogP contribution in [0.1, 0.15) is 39.5 Å². The van der Waals surface area contributed by atoms with Gasteiger partial charge in [0.15, 0.2) is 0 Å². The molecule has 1 unspecified atom stereocenters. The van der Waals surface area contributed by atoms with E-state index in [0.29, 0.717) is 31.4 Å². The Bertz CT molecular complexity index is 226. The fraction of sp³-hybridized carbons (Fsp3) is 0.929. The van der Waals surface area contributed by atoms with E-state index < -0.39 is 0 Å². The molecule has 1 fully saturated rings. The summed E-state index contributed by atoms with van der Waals surface area (Å²) in [5.41, 5.74) is 0. The molecule has 2 N–H and O–H groups in total. The molecule has 0 spiro atoms. The van der Waals surface area contributed by atoms with Gasteiger partial charge in [-0.15, -0.1) is 0 Å². The number of hydrogen-bond donors (Lipinski definition) is 2. The number of rotatable bonds is 8. The van der Waals surface area contributed by atoms with Crippen molar-refractivity contribution in [2.24, 2.45) is 11.8 Å². The summed E-state index contributed by atoms with van der Waals surface area (Å²) in [7, 11) is 0. The Morgan fingerprint density at radius 2 is 2.28 bits per heavy atom. The van der Waals surface area contributed by atoms with Gasteiger partial charge in [-0.1, -0.05) is 13.8 Å². The summed E-state index contributed by atoms with van der Waals surface area (Å²) >= 11 is 0. The van der Waals surface area contributed by atoms with Gasteiger partial charge in [-0.25, -0.2) is 0 Å². The lowest BCUT2D eigenvalue weighted by Gasteiger charge is -2.22. The van der Waals surface area contributed by atoms with Crippen LogP contribution < -0.4 is 10.6 Å². The van der Waals surface area contributed by atoms with E-state index >= 15 is 0 Å². The smallest absolute Gasteiger partial charge is 0.220 e. The van der Waals surface area contributed by atoms with Gasteiger partial charge in [-0.3, -0.25) is 4.79 Å². The molecule has 4 heteroatoms. The zero-order valence-corrected chi connectivity index (χ0v) is 11.8. The first kappa shape index (κ1) is 15.4. The van der Waals surface area contributed by atoms with Crippen LogP contribution in [-0.2, 0) is 9.53 Å². The lowest BCUT2D eigenvalue weighted by molar-refractivity contribution is -0.122. The van der Waals surface area contributed by atoms with Crippen molar-refractivity contribution in [3.63, 3.8) is 0 Å². The lowest BCUT2D eigenvalue weighted by Crippen LogP contribution is -2.35. The quantitative estimate of drug-likeness (QED) is 0.648. The van der Waals surface area contributed by atoms with Crippen molar-refractivity contribution in [1.29, 1.82) is 0 Å². The molecule has 4 nitrogen and oxygen atoms in total. The molecule has 106 valence electrons. The molecule has 1 atom stereocenters. The molecular weight excluding hydrogens is 228 g/mol. The number of nitrogens with one attached hydrogen (secondary N) is 2. The molecule has 0 bridgehead atoms. The Morgan fingerprint density at radius 1 is 1.44 bits per heavy atom. The van der Waals surface area contributed by atoms with Gasteiger partial charge in [0.05, 0.1) is 6.61 Å². The van der Waals surface area contributed by atoms with Crippen LogP contribution in [0.5, 0.6) is 0 Å². The Hall–Kier alpha value is -0.610. The van der Waals surface area contributed by atoms with Gasteiger partial charge in [-0.2, -0.15) is 0 Å². The SMILES string of the molecule is CC(C)CCOCCNC(=O)CC1CCCNC1. The van der Waals surface area contributed by atoms with Crippen LogP contribution in [0.4, 0.5) is 0 Å². The van der Waals surface area contributed by atoms with E-state index in [1.165, 1.54) is 12.8 Å². The fourth-order valence-electron chi connectivity index (χ4n) is 2.12. The molecule has 0 radical (unpaired) electrons. The molecule has 1 saturated heterocycles. The predicted octanol–water partition coefficient (Wildman–Crippen LogP) is 1.56. The Kier molecular flexibility index (Phi) is 8.01. The maximum atomic E-state index is 11.7. The van der Waals surface area contributed by atoms with E-state index in [-0.39, 0.29) is 5.91 Å². The highest BCUT2D eigenvalue weighted by Crippen LogP contribution is 2.13. The zero-order valence-electron chi connectivity index (χ0n) is 11.8. The van der Waals surface area contributed by atoms with Gasteiger partial charge < -0.3 is 15.4 Å². The van der Waals surface area contributed by atoms with Crippen molar-refractivity contribution in [1.82, 2.24) is 10.6 Å². The molecule has 18 heavy (non-hydrogen) atoms. The number of carbonyl (C=O) groups is 1. The van der Waals surface area contributed by atoms with E-state index in [2.05, 4.69) is 24.5 Å². The fourth-order valence-corrected chi connectivity index (χ4v) is 2.12.